The van der Waals surface area contributed by atoms with E-state index in [4.69, 9.17) is 4.74 Å². The smallest absolute Gasteiger partial charge is 0.364 e. The van der Waals surface area contributed by atoms with E-state index in [9.17, 15) is 13.2 Å². The summed E-state index contributed by atoms with van der Waals surface area (Å²) in [5, 5.41) is 0. The van der Waals surface area contributed by atoms with E-state index in [1.54, 1.807) is 12.1 Å². The number of ether oxygens (including phenoxy) is 1. The molecule has 1 aromatic rings. The lowest BCUT2D eigenvalue weighted by Gasteiger charge is -2.31. The van der Waals surface area contributed by atoms with E-state index in [1.165, 1.54) is 6.07 Å². The van der Waals surface area contributed by atoms with Crippen molar-refractivity contribution in [2.24, 2.45) is 0 Å². The van der Waals surface area contributed by atoms with Gasteiger partial charge in [0.1, 0.15) is 0 Å². The van der Waals surface area contributed by atoms with Crippen LogP contribution in [0.5, 0.6) is 0 Å². The average Bonchev–Trinajstić information content (AvgIpc) is 2.55. The molecule has 0 saturated carbocycles. The molecule has 2 rings (SSSR count). The number of alkyl halides is 3. The molecule has 0 amide bonds. The summed E-state index contributed by atoms with van der Waals surface area (Å²) in [4.78, 5) is 0. The Hall–Kier alpha value is -0.550. The largest absolute Gasteiger partial charge is 0.421 e. The number of hydrogen-bond donors (Lipinski definition) is 0. The van der Waals surface area contributed by atoms with Crippen LogP contribution in [-0.4, -0.2) is 13.3 Å². The van der Waals surface area contributed by atoms with Gasteiger partial charge in [0.05, 0.1) is 0 Å². The van der Waals surface area contributed by atoms with Crippen LogP contribution in [0.4, 0.5) is 13.2 Å². The van der Waals surface area contributed by atoms with E-state index < -0.39 is 11.8 Å². The number of benzene rings is 1. The Morgan fingerprint density at radius 3 is 2.62 bits per heavy atom. The molecule has 1 aliphatic carbocycles. The molecule has 0 N–H and O–H groups in total. The molecule has 0 aliphatic heterocycles. The summed E-state index contributed by atoms with van der Waals surface area (Å²) in [6.07, 6.45) is -4.03. The number of fused-ring (bicyclic) bond motifs is 1. The van der Waals surface area contributed by atoms with E-state index in [1.807, 2.05) is 0 Å². The lowest BCUT2D eigenvalue weighted by atomic mass is 9.95. The highest BCUT2D eigenvalue weighted by atomic mass is 79.9. The van der Waals surface area contributed by atoms with E-state index in [0.29, 0.717) is 12.0 Å². The molecule has 5 heteroatoms. The third-order valence-corrected chi connectivity index (χ3v) is 3.55. The quantitative estimate of drug-likeness (QED) is 0.765. The van der Waals surface area contributed by atoms with Gasteiger partial charge in [-0.3, -0.25) is 0 Å². The van der Waals surface area contributed by atoms with Gasteiger partial charge < -0.3 is 4.74 Å². The molecule has 1 atom stereocenters. The van der Waals surface area contributed by atoms with Gasteiger partial charge in [0.2, 0.25) is 0 Å². The number of hydrogen-bond acceptors (Lipinski definition) is 1. The van der Waals surface area contributed by atoms with Gasteiger partial charge in [-0.1, -0.05) is 22.0 Å². The van der Waals surface area contributed by atoms with E-state index in [-0.39, 0.29) is 12.0 Å². The summed E-state index contributed by atoms with van der Waals surface area (Å²) in [7, 11) is 1.12. The lowest BCUT2D eigenvalue weighted by Crippen LogP contribution is -2.42. The van der Waals surface area contributed by atoms with Crippen molar-refractivity contribution in [3.8, 4) is 0 Å². The summed E-state index contributed by atoms with van der Waals surface area (Å²) in [6.45, 7) is 0. The van der Waals surface area contributed by atoms with E-state index in [0.717, 1.165) is 11.6 Å². The Bertz CT molecular complexity index is 416. The van der Waals surface area contributed by atoms with Crippen LogP contribution < -0.4 is 0 Å². The van der Waals surface area contributed by atoms with Crippen LogP contribution in [0.1, 0.15) is 17.5 Å². The molecule has 0 radical (unpaired) electrons. The Morgan fingerprint density at radius 2 is 2.06 bits per heavy atom. The summed E-state index contributed by atoms with van der Waals surface area (Å²) in [5.41, 5.74) is -1.18. The fraction of sp³-hybridized carbons (Fsp3) is 0.455. The first kappa shape index (κ1) is 11.9. The zero-order valence-corrected chi connectivity index (χ0v) is 10.2. The fourth-order valence-electron chi connectivity index (χ4n) is 2.23. The normalized spacial score (nSPS) is 24.6. The third-order valence-electron chi connectivity index (χ3n) is 3.06. The van der Waals surface area contributed by atoms with Crippen LogP contribution in [0.3, 0.4) is 0 Å². The molecule has 0 heterocycles. The molecular weight excluding hydrogens is 285 g/mol. The molecule has 1 aliphatic rings. The maximum absolute atomic E-state index is 13.1. The van der Waals surface area contributed by atoms with Gasteiger partial charge in [0, 0.05) is 11.6 Å². The minimum absolute atomic E-state index is 0.0429. The van der Waals surface area contributed by atoms with Crippen LogP contribution in [0.15, 0.2) is 22.7 Å². The molecule has 0 aromatic heterocycles. The maximum Gasteiger partial charge on any atom is 0.421 e. The molecule has 0 saturated heterocycles. The average molecular weight is 295 g/mol. The van der Waals surface area contributed by atoms with Gasteiger partial charge in [-0.25, -0.2) is 0 Å². The van der Waals surface area contributed by atoms with Gasteiger partial charge in [-0.05, 0) is 36.1 Å². The highest BCUT2D eigenvalue weighted by Crippen LogP contribution is 2.50. The predicted molar refractivity (Wildman–Crippen MR) is 57.2 cm³/mol. The van der Waals surface area contributed by atoms with Crippen molar-refractivity contribution in [2.75, 3.05) is 7.11 Å². The van der Waals surface area contributed by atoms with Gasteiger partial charge in [-0.2, -0.15) is 13.2 Å². The van der Waals surface area contributed by atoms with Gasteiger partial charge in [0.25, 0.3) is 0 Å². The molecule has 1 aromatic carbocycles. The molecular formula is C11H10BrF3O. The Morgan fingerprint density at radius 1 is 1.38 bits per heavy atom. The van der Waals surface area contributed by atoms with Crippen molar-refractivity contribution >= 4 is 15.9 Å². The number of aryl methyl sites for hydroxylation is 1. The lowest BCUT2D eigenvalue weighted by molar-refractivity contribution is -0.275. The molecule has 1 unspecified atom stereocenters. The van der Waals surface area contributed by atoms with Crippen molar-refractivity contribution in [1.29, 1.82) is 0 Å². The number of methoxy groups -OCH3 is 1. The minimum Gasteiger partial charge on any atom is -0.364 e. The van der Waals surface area contributed by atoms with Crippen LogP contribution in [0.25, 0.3) is 0 Å². The summed E-state index contributed by atoms with van der Waals surface area (Å²) >= 11 is 3.25. The monoisotopic (exact) mass is 294 g/mol. The van der Waals surface area contributed by atoms with E-state index in [2.05, 4.69) is 15.9 Å². The van der Waals surface area contributed by atoms with Crippen LogP contribution in [0, 0.1) is 0 Å². The molecule has 1 nitrogen and oxygen atoms in total. The van der Waals surface area contributed by atoms with Gasteiger partial charge >= 0.3 is 6.18 Å². The topological polar surface area (TPSA) is 9.23 Å². The molecule has 88 valence electrons. The van der Waals surface area contributed by atoms with Crippen molar-refractivity contribution < 1.29 is 17.9 Å². The Balaban J connectivity index is 2.56. The zero-order chi connectivity index (χ0) is 12.0. The predicted octanol–water partition coefficient (Wildman–Crippen LogP) is 3.80. The third kappa shape index (κ3) is 1.57. The summed E-state index contributed by atoms with van der Waals surface area (Å²) < 4.78 is 44.8. The van der Waals surface area contributed by atoms with Crippen molar-refractivity contribution in [2.45, 2.75) is 24.6 Å². The SMILES string of the molecule is COC1(C(F)(F)F)CCc2cc(Br)ccc21. The van der Waals surface area contributed by atoms with Crippen molar-refractivity contribution in [3.05, 3.63) is 33.8 Å². The Kier molecular flexibility index (Phi) is 2.78. The fourth-order valence-corrected chi connectivity index (χ4v) is 2.64. The van der Waals surface area contributed by atoms with Crippen LogP contribution in [0.2, 0.25) is 0 Å². The zero-order valence-electron chi connectivity index (χ0n) is 8.57. The van der Waals surface area contributed by atoms with Crippen LogP contribution >= 0.6 is 15.9 Å². The Labute approximate surface area is 99.7 Å². The molecule has 16 heavy (non-hydrogen) atoms. The first-order chi connectivity index (χ1) is 7.40. The number of rotatable bonds is 1. The summed E-state index contributed by atoms with van der Waals surface area (Å²) in [6, 6.07) is 4.83. The van der Waals surface area contributed by atoms with E-state index >= 15 is 0 Å². The van der Waals surface area contributed by atoms with Crippen molar-refractivity contribution in [1.82, 2.24) is 0 Å². The van der Waals surface area contributed by atoms with Crippen molar-refractivity contribution in [3.63, 3.8) is 0 Å². The molecule has 0 bridgehead atoms. The second-order valence-corrected chi connectivity index (χ2v) is 4.75. The second kappa shape index (κ2) is 3.74. The first-order valence-electron chi connectivity index (χ1n) is 4.81. The maximum atomic E-state index is 13.1. The highest BCUT2D eigenvalue weighted by molar-refractivity contribution is 9.10. The molecule has 0 spiro atoms. The van der Waals surface area contributed by atoms with Crippen LogP contribution in [-0.2, 0) is 16.8 Å². The number of halogens is 4. The highest BCUT2D eigenvalue weighted by Gasteiger charge is 2.59. The molecule has 0 fully saturated rings. The standard InChI is InChI=1S/C11H10BrF3O/c1-16-10(11(13,14)15)5-4-7-6-8(12)2-3-9(7)10/h2-3,6H,4-5H2,1H3. The second-order valence-electron chi connectivity index (χ2n) is 3.83. The van der Waals surface area contributed by atoms with Gasteiger partial charge in [-0.15, -0.1) is 0 Å². The first-order valence-corrected chi connectivity index (χ1v) is 5.61. The van der Waals surface area contributed by atoms with Gasteiger partial charge in [0.15, 0.2) is 5.60 Å². The minimum atomic E-state index is -4.37. The summed E-state index contributed by atoms with van der Waals surface area (Å²) in [5.74, 6) is 0.